The lowest BCUT2D eigenvalue weighted by Crippen LogP contribution is -2.32. The average molecular weight is 364 g/mol. The first kappa shape index (κ1) is 17.1. The number of hydrogen-bond acceptors (Lipinski definition) is 3. The summed E-state index contributed by atoms with van der Waals surface area (Å²) >= 11 is 0. The van der Waals surface area contributed by atoms with E-state index in [9.17, 15) is 9.18 Å². The van der Waals surface area contributed by atoms with E-state index in [2.05, 4.69) is 5.10 Å². The van der Waals surface area contributed by atoms with Gasteiger partial charge >= 0.3 is 0 Å². The predicted molar refractivity (Wildman–Crippen MR) is 88.1 cm³/mol. The fraction of sp³-hybridized carbons (Fsp3) is 0.474. The van der Waals surface area contributed by atoms with Crippen molar-refractivity contribution in [2.75, 3.05) is 6.61 Å². The molecule has 0 bridgehead atoms. The highest BCUT2D eigenvalue weighted by molar-refractivity contribution is 5.81. The third-order valence-electron chi connectivity index (χ3n) is 5.48. The van der Waals surface area contributed by atoms with Gasteiger partial charge in [0.2, 0.25) is 0 Å². The van der Waals surface area contributed by atoms with E-state index >= 15 is 8.78 Å². The van der Waals surface area contributed by atoms with Crippen molar-refractivity contribution in [2.45, 2.75) is 44.1 Å². The zero-order valence-corrected chi connectivity index (χ0v) is 14.1. The number of aldehydes is 1. The molecule has 2 aromatic rings. The summed E-state index contributed by atoms with van der Waals surface area (Å²) in [4.78, 5) is 11.3. The van der Waals surface area contributed by atoms with Crippen molar-refractivity contribution in [3.63, 3.8) is 0 Å². The van der Waals surface area contributed by atoms with Crippen LogP contribution in [-0.2, 0) is 12.5 Å². The number of fused-ring (bicyclic) bond motifs is 4. The Labute approximate surface area is 149 Å². The molecule has 138 valence electrons. The van der Waals surface area contributed by atoms with Crippen LogP contribution in [0.3, 0.4) is 0 Å². The van der Waals surface area contributed by atoms with Crippen molar-refractivity contribution in [1.82, 2.24) is 9.78 Å². The average Bonchev–Trinajstić information content (AvgIpc) is 3.06. The van der Waals surface area contributed by atoms with Gasteiger partial charge in [0, 0.05) is 23.7 Å². The fourth-order valence-electron chi connectivity index (χ4n) is 4.18. The van der Waals surface area contributed by atoms with Crippen molar-refractivity contribution in [3.8, 4) is 5.75 Å². The number of carbonyl (C=O) groups excluding carboxylic acids is 1. The molecule has 2 unspecified atom stereocenters. The highest BCUT2D eigenvalue weighted by Gasteiger charge is 2.40. The van der Waals surface area contributed by atoms with E-state index in [1.165, 1.54) is 10.9 Å². The number of alkyl halides is 2. The molecule has 1 aliphatic heterocycles. The van der Waals surface area contributed by atoms with E-state index in [1.54, 1.807) is 6.07 Å². The standard InChI is InChI=1S/C19H19F3N2O2/c20-16-6-5-15-18(14(16)9-25)26-10-12-3-1-2-4-13(12)17-7-8-23-24(17)11-19(15,21)22/h5-9,12-13H,1-4,10-11H2. The Kier molecular flexibility index (Phi) is 4.25. The zero-order valence-electron chi connectivity index (χ0n) is 14.1. The Morgan fingerprint density at radius 1 is 1.23 bits per heavy atom. The summed E-state index contributed by atoms with van der Waals surface area (Å²) in [6, 6.07) is 3.68. The summed E-state index contributed by atoms with van der Waals surface area (Å²) in [5, 5.41) is 4.10. The molecule has 26 heavy (non-hydrogen) atoms. The Morgan fingerprint density at radius 2 is 2.04 bits per heavy atom. The van der Waals surface area contributed by atoms with Crippen LogP contribution in [0.5, 0.6) is 5.75 Å². The largest absolute Gasteiger partial charge is 0.492 e. The van der Waals surface area contributed by atoms with Crippen molar-refractivity contribution in [3.05, 3.63) is 47.0 Å². The van der Waals surface area contributed by atoms with Gasteiger partial charge < -0.3 is 4.74 Å². The lowest BCUT2D eigenvalue weighted by atomic mass is 9.77. The molecule has 1 fully saturated rings. The third kappa shape index (κ3) is 2.79. The van der Waals surface area contributed by atoms with Gasteiger partial charge in [-0.25, -0.2) is 4.39 Å². The van der Waals surface area contributed by atoms with Crippen LogP contribution in [-0.4, -0.2) is 22.7 Å². The van der Waals surface area contributed by atoms with Crippen LogP contribution in [0.1, 0.15) is 53.2 Å². The zero-order chi connectivity index (χ0) is 18.3. The number of benzene rings is 1. The molecule has 1 aliphatic carbocycles. The Balaban J connectivity index is 1.86. The van der Waals surface area contributed by atoms with Crippen LogP contribution in [0.15, 0.2) is 24.4 Å². The van der Waals surface area contributed by atoms with Gasteiger partial charge in [0.05, 0.1) is 17.7 Å². The minimum atomic E-state index is -3.34. The SMILES string of the molecule is O=Cc1c(F)ccc2c1OCC1CCCCC1c1ccnn1CC2(F)F. The summed E-state index contributed by atoms with van der Waals surface area (Å²) in [5.41, 5.74) is -0.133. The number of nitrogens with zero attached hydrogens (tertiary/aromatic N) is 2. The summed E-state index contributed by atoms with van der Waals surface area (Å²) in [5.74, 6) is -4.36. The maximum Gasteiger partial charge on any atom is 0.296 e. The van der Waals surface area contributed by atoms with Crippen LogP contribution in [0.2, 0.25) is 0 Å². The summed E-state index contributed by atoms with van der Waals surface area (Å²) in [6.07, 6.45) is 5.61. The molecular weight excluding hydrogens is 345 g/mol. The van der Waals surface area contributed by atoms with Gasteiger partial charge in [0.15, 0.2) is 6.29 Å². The van der Waals surface area contributed by atoms with Crippen molar-refractivity contribution >= 4 is 6.29 Å². The fourth-order valence-corrected chi connectivity index (χ4v) is 4.18. The highest BCUT2D eigenvalue weighted by atomic mass is 19.3. The second-order valence-electron chi connectivity index (χ2n) is 7.04. The summed E-state index contributed by atoms with van der Waals surface area (Å²) in [6.45, 7) is -0.498. The lowest BCUT2D eigenvalue weighted by Gasteiger charge is -2.34. The molecule has 0 radical (unpaired) electrons. The van der Waals surface area contributed by atoms with Crippen LogP contribution in [0.4, 0.5) is 13.2 Å². The minimum Gasteiger partial charge on any atom is -0.492 e. The molecule has 0 N–H and O–H groups in total. The quantitative estimate of drug-likeness (QED) is 0.709. The predicted octanol–water partition coefficient (Wildman–Crippen LogP) is 4.29. The van der Waals surface area contributed by atoms with E-state index in [-0.39, 0.29) is 30.5 Å². The molecule has 2 atom stereocenters. The highest BCUT2D eigenvalue weighted by Crippen LogP contribution is 2.44. The van der Waals surface area contributed by atoms with Gasteiger partial charge in [-0.3, -0.25) is 9.48 Å². The van der Waals surface area contributed by atoms with E-state index < -0.39 is 29.4 Å². The number of rotatable bonds is 1. The smallest absolute Gasteiger partial charge is 0.296 e. The van der Waals surface area contributed by atoms with Gasteiger partial charge in [-0.1, -0.05) is 12.8 Å². The van der Waals surface area contributed by atoms with Crippen LogP contribution >= 0.6 is 0 Å². The normalized spacial score (nSPS) is 24.6. The molecule has 0 spiro atoms. The number of aromatic nitrogens is 2. The van der Waals surface area contributed by atoms with Crippen molar-refractivity contribution < 1.29 is 22.7 Å². The van der Waals surface area contributed by atoms with E-state index in [1.807, 2.05) is 0 Å². The Morgan fingerprint density at radius 3 is 2.85 bits per heavy atom. The Hall–Kier alpha value is -2.31. The molecule has 2 heterocycles. The van der Waals surface area contributed by atoms with Crippen molar-refractivity contribution in [2.24, 2.45) is 5.92 Å². The second kappa shape index (κ2) is 6.45. The van der Waals surface area contributed by atoms with Gasteiger partial charge in [-0.2, -0.15) is 13.9 Å². The molecule has 1 aromatic carbocycles. The molecule has 0 amide bonds. The molecular formula is C19H19F3N2O2. The van der Waals surface area contributed by atoms with E-state index in [0.717, 1.165) is 43.5 Å². The second-order valence-corrected chi connectivity index (χ2v) is 7.04. The molecule has 4 rings (SSSR count). The first-order valence-electron chi connectivity index (χ1n) is 8.82. The molecule has 7 heteroatoms. The summed E-state index contributed by atoms with van der Waals surface area (Å²) < 4.78 is 51.0. The monoisotopic (exact) mass is 364 g/mol. The third-order valence-corrected chi connectivity index (χ3v) is 5.48. The topological polar surface area (TPSA) is 44.1 Å². The number of hydrogen-bond donors (Lipinski definition) is 0. The molecule has 0 saturated heterocycles. The first-order valence-corrected chi connectivity index (χ1v) is 8.82. The van der Waals surface area contributed by atoms with E-state index in [0.29, 0.717) is 0 Å². The molecule has 4 nitrogen and oxygen atoms in total. The summed E-state index contributed by atoms with van der Waals surface area (Å²) in [7, 11) is 0. The lowest BCUT2D eigenvalue weighted by molar-refractivity contribution is -0.0312. The van der Waals surface area contributed by atoms with E-state index in [4.69, 9.17) is 4.74 Å². The maximum absolute atomic E-state index is 15.0. The molecule has 1 aromatic heterocycles. The first-order chi connectivity index (χ1) is 12.5. The Bertz CT molecular complexity index is 834. The number of halogens is 3. The van der Waals surface area contributed by atoms with Crippen molar-refractivity contribution in [1.29, 1.82) is 0 Å². The van der Waals surface area contributed by atoms with Gasteiger partial charge in [-0.05, 0) is 31.0 Å². The van der Waals surface area contributed by atoms with Crippen LogP contribution < -0.4 is 4.74 Å². The molecule has 1 saturated carbocycles. The minimum absolute atomic E-state index is 0.0665. The maximum atomic E-state index is 15.0. The van der Waals surface area contributed by atoms with Gasteiger partial charge in [-0.15, -0.1) is 0 Å². The van der Waals surface area contributed by atoms with Crippen LogP contribution in [0.25, 0.3) is 0 Å². The number of carbonyl (C=O) groups is 1. The van der Waals surface area contributed by atoms with Crippen LogP contribution in [0, 0.1) is 11.7 Å². The van der Waals surface area contributed by atoms with Gasteiger partial charge in [0.1, 0.15) is 18.1 Å². The van der Waals surface area contributed by atoms with Gasteiger partial charge in [0.25, 0.3) is 5.92 Å². The molecule has 2 aliphatic rings. The number of ether oxygens (including phenoxy) is 1.